The summed E-state index contributed by atoms with van der Waals surface area (Å²) < 4.78 is 4.86. The van der Waals surface area contributed by atoms with Gasteiger partial charge in [-0.15, -0.1) is 0 Å². The zero-order valence-electron chi connectivity index (χ0n) is 9.40. The fourth-order valence-corrected chi connectivity index (χ4v) is 1.65. The molecular formula is C10H20N2O3. The van der Waals surface area contributed by atoms with Gasteiger partial charge < -0.3 is 20.5 Å². The second kappa shape index (κ2) is 4.92. The Morgan fingerprint density at radius 1 is 1.67 bits per heavy atom. The summed E-state index contributed by atoms with van der Waals surface area (Å²) in [6.07, 6.45) is 1.19. The van der Waals surface area contributed by atoms with Crippen LogP contribution in [0.4, 0.5) is 0 Å². The van der Waals surface area contributed by atoms with Gasteiger partial charge in [0.2, 0.25) is 5.91 Å². The summed E-state index contributed by atoms with van der Waals surface area (Å²) in [6.45, 7) is 3.21. The van der Waals surface area contributed by atoms with Crippen molar-refractivity contribution in [1.82, 2.24) is 4.90 Å². The molecule has 0 aromatic heterocycles. The van der Waals surface area contributed by atoms with Crippen molar-refractivity contribution >= 4 is 5.91 Å². The molecule has 1 rings (SSSR count). The molecule has 3 N–H and O–H groups in total. The number of methoxy groups -OCH3 is 1. The summed E-state index contributed by atoms with van der Waals surface area (Å²) in [6, 6.07) is -0.508. The average Bonchev–Trinajstić information content (AvgIpc) is 2.20. The number of hydrogen-bond donors (Lipinski definition) is 2. The number of carbonyl (C=O) groups is 1. The van der Waals surface area contributed by atoms with Crippen LogP contribution in [0, 0.1) is 0 Å². The predicted molar refractivity (Wildman–Crippen MR) is 56.3 cm³/mol. The summed E-state index contributed by atoms with van der Waals surface area (Å²) in [5.74, 6) is -0.0924. The van der Waals surface area contributed by atoms with E-state index < -0.39 is 11.6 Å². The lowest BCUT2D eigenvalue weighted by Gasteiger charge is -2.46. The van der Waals surface area contributed by atoms with E-state index in [2.05, 4.69) is 0 Å². The molecule has 0 spiro atoms. The first-order valence-corrected chi connectivity index (χ1v) is 5.28. The molecule has 1 atom stereocenters. The van der Waals surface area contributed by atoms with Gasteiger partial charge in [-0.25, -0.2) is 0 Å². The molecular weight excluding hydrogens is 196 g/mol. The highest BCUT2D eigenvalue weighted by molar-refractivity contribution is 5.82. The maximum atomic E-state index is 11.7. The van der Waals surface area contributed by atoms with Crippen molar-refractivity contribution in [2.24, 2.45) is 5.73 Å². The minimum Gasteiger partial charge on any atom is -0.386 e. The Labute approximate surface area is 90.2 Å². The van der Waals surface area contributed by atoms with E-state index in [-0.39, 0.29) is 5.91 Å². The third-order valence-electron chi connectivity index (χ3n) is 2.89. The highest BCUT2D eigenvalue weighted by atomic mass is 16.5. The normalized spacial score (nSPS) is 20.9. The predicted octanol–water partition coefficient (Wildman–Crippen LogP) is -0.666. The van der Waals surface area contributed by atoms with E-state index >= 15 is 0 Å². The summed E-state index contributed by atoms with van der Waals surface area (Å²) in [5.41, 5.74) is 5.01. The highest BCUT2D eigenvalue weighted by Gasteiger charge is 2.42. The van der Waals surface area contributed by atoms with Crippen LogP contribution in [-0.4, -0.2) is 54.4 Å². The van der Waals surface area contributed by atoms with Gasteiger partial charge in [0.25, 0.3) is 0 Å². The van der Waals surface area contributed by atoms with E-state index in [1.54, 1.807) is 12.0 Å². The fourth-order valence-electron chi connectivity index (χ4n) is 1.65. The maximum absolute atomic E-state index is 11.7. The van der Waals surface area contributed by atoms with Crippen molar-refractivity contribution < 1.29 is 14.6 Å². The molecule has 1 aliphatic rings. The van der Waals surface area contributed by atoms with Crippen molar-refractivity contribution in [3.63, 3.8) is 0 Å². The molecule has 1 saturated heterocycles. The van der Waals surface area contributed by atoms with Crippen molar-refractivity contribution in [3.05, 3.63) is 0 Å². The summed E-state index contributed by atoms with van der Waals surface area (Å²) >= 11 is 0. The van der Waals surface area contributed by atoms with Crippen LogP contribution in [0.3, 0.4) is 0 Å². The van der Waals surface area contributed by atoms with Crippen molar-refractivity contribution in [3.8, 4) is 0 Å². The van der Waals surface area contributed by atoms with Gasteiger partial charge in [0.05, 0.1) is 24.7 Å². The van der Waals surface area contributed by atoms with Crippen LogP contribution in [0.2, 0.25) is 0 Å². The molecule has 0 radical (unpaired) electrons. The van der Waals surface area contributed by atoms with Crippen LogP contribution in [0.15, 0.2) is 0 Å². The number of aliphatic hydroxyl groups is 1. The van der Waals surface area contributed by atoms with E-state index in [4.69, 9.17) is 10.5 Å². The second-order valence-corrected chi connectivity index (χ2v) is 4.16. The quantitative estimate of drug-likeness (QED) is 0.639. The largest absolute Gasteiger partial charge is 0.386 e. The van der Waals surface area contributed by atoms with Gasteiger partial charge in [0, 0.05) is 13.7 Å². The Balaban J connectivity index is 2.31. The van der Waals surface area contributed by atoms with Gasteiger partial charge in [-0.1, -0.05) is 6.92 Å². The first kappa shape index (κ1) is 12.4. The van der Waals surface area contributed by atoms with E-state index in [9.17, 15) is 9.90 Å². The molecule has 1 amide bonds. The molecule has 0 saturated carbocycles. The molecule has 88 valence electrons. The third kappa shape index (κ3) is 2.90. The second-order valence-electron chi connectivity index (χ2n) is 4.16. The molecule has 0 aromatic rings. The van der Waals surface area contributed by atoms with Gasteiger partial charge in [-0.3, -0.25) is 4.79 Å². The smallest absolute Gasteiger partial charge is 0.239 e. The first-order chi connectivity index (χ1) is 7.02. The van der Waals surface area contributed by atoms with Crippen molar-refractivity contribution in [1.29, 1.82) is 0 Å². The zero-order valence-corrected chi connectivity index (χ0v) is 9.40. The molecule has 1 unspecified atom stereocenters. The van der Waals surface area contributed by atoms with Gasteiger partial charge in [0.1, 0.15) is 0 Å². The number of β-amino-alcohol motifs (C(OH)–C–C–N with tert-alkyl or cyclic N) is 1. The number of nitrogens with zero attached hydrogens (tertiary/aromatic N) is 1. The Morgan fingerprint density at radius 3 is 2.73 bits per heavy atom. The Hall–Kier alpha value is -0.650. The van der Waals surface area contributed by atoms with Crippen LogP contribution in [0.1, 0.15) is 19.8 Å². The highest BCUT2D eigenvalue weighted by Crippen LogP contribution is 2.24. The number of nitrogens with two attached hydrogens (primary N) is 1. The number of carbonyl (C=O) groups excluding carboxylic acids is 1. The van der Waals surface area contributed by atoms with Gasteiger partial charge in [-0.2, -0.15) is 0 Å². The minimum absolute atomic E-state index is 0.0924. The monoisotopic (exact) mass is 216 g/mol. The molecule has 5 nitrogen and oxygen atoms in total. The molecule has 0 aromatic carbocycles. The van der Waals surface area contributed by atoms with Crippen molar-refractivity contribution in [2.45, 2.75) is 31.4 Å². The molecule has 0 bridgehead atoms. The first-order valence-electron chi connectivity index (χ1n) is 5.28. The number of likely N-dealkylation sites (tertiary alicyclic amines) is 1. The Bertz CT molecular complexity index is 227. The molecule has 5 heteroatoms. The number of ether oxygens (including phenoxy) is 1. The topological polar surface area (TPSA) is 75.8 Å². The number of rotatable bonds is 5. The van der Waals surface area contributed by atoms with E-state index in [0.717, 1.165) is 0 Å². The maximum Gasteiger partial charge on any atom is 0.239 e. The fraction of sp³-hybridized carbons (Fsp3) is 0.900. The van der Waals surface area contributed by atoms with Crippen LogP contribution >= 0.6 is 0 Å². The summed E-state index contributed by atoms with van der Waals surface area (Å²) in [5, 5.41) is 9.74. The van der Waals surface area contributed by atoms with Gasteiger partial charge >= 0.3 is 0 Å². The Morgan fingerprint density at radius 2 is 2.27 bits per heavy atom. The molecule has 1 fully saturated rings. The number of hydrogen-bond acceptors (Lipinski definition) is 4. The third-order valence-corrected chi connectivity index (χ3v) is 2.89. The van der Waals surface area contributed by atoms with Gasteiger partial charge in [-0.05, 0) is 12.8 Å². The molecule has 1 heterocycles. The lowest BCUT2D eigenvalue weighted by Crippen LogP contribution is -2.65. The average molecular weight is 216 g/mol. The van der Waals surface area contributed by atoms with Crippen LogP contribution in [0.5, 0.6) is 0 Å². The summed E-state index contributed by atoms with van der Waals surface area (Å²) in [7, 11) is 1.58. The minimum atomic E-state index is -0.684. The van der Waals surface area contributed by atoms with E-state index in [1.807, 2.05) is 6.92 Å². The lowest BCUT2D eigenvalue weighted by atomic mass is 9.90. The van der Waals surface area contributed by atoms with E-state index in [0.29, 0.717) is 32.5 Å². The van der Waals surface area contributed by atoms with Crippen LogP contribution < -0.4 is 5.73 Å². The van der Waals surface area contributed by atoms with E-state index in [1.165, 1.54) is 0 Å². The van der Waals surface area contributed by atoms with Crippen LogP contribution in [-0.2, 0) is 9.53 Å². The molecule has 1 aliphatic heterocycles. The Kier molecular flexibility index (Phi) is 4.07. The lowest BCUT2D eigenvalue weighted by molar-refractivity contribution is -0.157. The van der Waals surface area contributed by atoms with Gasteiger partial charge in [0.15, 0.2) is 0 Å². The van der Waals surface area contributed by atoms with Crippen molar-refractivity contribution in [2.75, 3.05) is 26.8 Å². The zero-order chi connectivity index (χ0) is 11.5. The molecule has 0 aliphatic carbocycles. The van der Waals surface area contributed by atoms with Crippen LogP contribution in [0.25, 0.3) is 0 Å². The summed E-state index contributed by atoms with van der Waals surface area (Å²) in [4.78, 5) is 13.3. The number of amides is 1. The standard InChI is InChI=1S/C10H20N2O3/c1-3-10(14)6-12(7-10)9(13)8(11)4-5-15-2/h8,14H,3-7,11H2,1-2H3. The molecule has 15 heavy (non-hydrogen) atoms. The SMILES string of the molecule is CCC1(O)CN(C(=O)C(N)CCOC)C1.